The maximum atomic E-state index is 13.2. The molecule has 1 aromatic rings. The van der Waals surface area contributed by atoms with Crippen LogP contribution in [0.3, 0.4) is 0 Å². The van der Waals surface area contributed by atoms with Crippen molar-refractivity contribution in [1.29, 1.82) is 0 Å². The number of carbonyl (C=O) groups excluding carboxylic acids is 2. The van der Waals surface area contributed by atoms with Crippen LogP contribution in [0.4, 0.5) is 0 Å². The van der Waals surface area contributed by atoms with Crippen LogP contribution in [0.5, 0.6) is 0 Å². The Labute approximate surface area is 154 Å². The molecule has 2 N–H and O–H groups in total. The van der Waals surface area contributed by atoms with E-state index in [-0.39, 0.29) is 17.7 Å². The van der Waals surface area contributed by atoms with E-state index in [9.17, 15) is 19.5 Å². The molecule has 1 saturated heterocycles. The zero-order valence-corrected chi connectivity index (χ0v) is 15.7. The van der Waals surface area contributed by atoms with Gasteiger partial charge in [0.25, 0.3) is 0 Å². The Morgan fingerprint density at radius 2 is 1.96 bits per heavy atom. The van der Waals surface area contributed by atoms with E-state index in [2.05, 4.69) is 5.32 Å². The van der Waals surface area contributed by atoms with Crippen molar-refractivity contribution in [1.82, 2.24) is 10.2 Å². The van der Waals surface area contributed by atoms with Crippen molar-refractivity contribution in [2.75, 3.05) is 6.54 Å². The van der Waals surface area contributed by atoms with Gasteiger partial charge < -0.3 is 15.3 Å². The highest BCUT2D eigenvalue weighted by molar-refractivity contribution is 5.95. The highest BCUT2D eigenvalue weighted by atomic mass is 16.4. The van der Waals surface area contributed by atoms with E-state index in [1.54, 1.807) is 0 Å². The van der Waals surface area contributed by atoms with Crippen molar-refractivity contribution in [2.45, 2.75) is 58.0 Å². The summed E-state index contributed by atoms with van der Waals surface area (Å²) in [7, 11) is 0. The van der Waals surface area contributed by atoms with Gasteiger partial charge >= 0.3 is 5.97 Å². The van der Waals surface area contributed by atoms with E-state index in [4.69, 9.17) is 0 Å². The molecule has 0 saturated carbocycles. The molecule has 3 unspecified atom stereocenters. The fraction of sp³-hybridized carbons (Fsp3) is 0.550. The third kappa shape index (κ3) is 4.06. The van der Waals surface area contributed by atoms with E-state index in [0.717, 1.165) is 12.0 Å². The number of carbonyl (C=O) groups is 3. The van der Waals surface area contributed by atoms with Gasteiger partial charge in [0, 0.05) is 13.5 Å². The topological polar surface area (TPSA) is 86.7 Å². The minimum atomic E-state index is -1.00. The molecule has 0 bridgehead atoms. The van der Waals surface area contributed by atoms with Crippen molar-refractivity contribution < 1.29 is 19.5 Å². The first-order chi connectivity index (χ1) is 12.3. The number of amides is 2. The molecule has 2 amide bonds. The molecule has 142 valence electrons. The van der Waals surface area contributed by atoms with Crippen LogP contribution >= 0.6 is 0 Å². The summed E-state index contributed by atoms with van der Waals surface area (Å²) in [6.07, 6.45) is 2.09. The van der Waals surface area contributed by atoms with Crippen LogP contribution in [0.1, 0.15) is 45.6 Å². The van der Waals surface area contributed by atoms with Gasteiger partial charge in [0.15, 0.2) is 0 Å². The van der Waals surface area contributed by atoms with Gasteiger partial charge in [-0.1, -0.05) is 50.6 Å². The SMILES string of the molecule is CCC(C)C1(NC(C)=O)CCN(C(CCc2ccccc2)C(=O)O)C1=O. The molecule has 1 aliphatic heterocycles. The lowest BCUT2D eigenvalue weighted by atomic mass is 9.81. The number of benzene rings is 1. The Bertz CT molecular complexity index is 661. The number of rotatable bonds is 8. The highest BCUT2D eigenvalue weighted by Crippen LogP contribution is 2.34. The van der Waals surface area contributed by atoms with Gasteiger partial charge in [-0.15, -0.1) is 0 Å². The lowest BCUT2D eigenvalue weighted by Gasteiger charge is -2.35. The summed E-state index contributed by atoms with van der Waals surface area (Å²) in [6, 6.07) is 8.75. The predicted octanol–water partition coefficient (Wildman–Crippen LogP) is 2.23. The molecule has 26 heavy (non-hydrogen) atoms. The number of nitrogens with one attached hydrogen (secondary N) is 1. The van der Waals surface area contributed by atoms with Gasteiger partial charge in [0.2, 0.25) is 11.8 Å². The largest absolute Gasteiger partial charge is 0.480 e. The van der Waals surface area contributed by atoms with Crippen LogP contribution in [0.2, 0.25) is 0 Å². The molecule has 1 fully saturated rings. The average molecular weight is 360 g/mol. The van der Waals surface area contributed by atoms with Crippen LogP contribution in [0.25, 0.3) is 0 Å². The number of likely N-dealkylation sites (tertiary alicyclic amines) is 1. The van der Waals surface area contributed by atoms with E-state index in [0.29, 0.717) is 25.8 Å². The molecule has 0 spiro atoms. The van der Waals surface area contributed by atoms with Crippen LogP contribution in [-0.4, -0.2) is 45.9 Å². The second-order valence-corrected chi connectivity index (χ2v) is 7.09. The second-order valence-electron chi connectivity index (χ2n) is 7.09. The number of hydrogen-bond donors (Lipinski definition) is 2. The first kappa shape index (κ1) is 19.9. The van der Waals surface area contributed by atoms with E-state index in [1.165, 1.54) is 11.8 Å². The first-order valence-corrected chi connectivity index (χ1v) is 9.18. The number of nitrogens with zero attached hydrogens (tertiary/aromatic N) is 1. The van der Waals surface area contributed by atoms with Crippen molar-refractivity contribution in [3.05, 3.63) is 35.9 Å². The number of carboxylic acids is 1. The molecular weight excluding hydrogens is 332 g/mol. The molecule has 0 aromatic heterocycles. The normalized spacial score (nSPS) is 22.1. The fourth-order valence-electron chi connectivity index (χ4n) is 3.78. The molecule has 6 heteroatoms. The first-order valence-electron chi connectivity index (χ1n) is 9.18. The quantitative estimate of drug-likeness (QED) is 0.744. The lowest BCUT2D eigenvalue weighted by Crippen LogP contribution is -2.59. The van der Waals surface area contributed by atoms with E-state index in [1.807, 2.05) is 44.2 Å². The summed E-state index contributed by atoms with van der Waals surface area (Å²) in [6.45, 7) is 5.63. The smallest absolute Gasteiger partial charge is 0.326 e. The third-order valence-corrected chi connectivity index (χ3v) is 5.45. The van der Waals surface area contributed by atoms with Gasteiger partial charge in [-0.3, -0.25) is 9.59 Å². The Hall–Kier alpha value is -2.37. The summed E-state index contributed by atoms with van der Waals surface area (Å²) in [5.74, 6) is -1.61. The zero-order valence-electron chi connectivity index (χ0n) is 15.7. The lowest BCUT2D eigenvalue weighted by molar-refractivity contribution is -0.151. The standard InChI is InChI=1S/C20H28N2O4/c1-4-14(2)20(21-15(3)23)12-13-22(19(20)26)17(18(24)25)11-10-16-8-6-5-7-9-16/h5-9,14,17H,4,10-13H2,1-3H3,(H,21,23)(H,24,25). The Balaban J connectivity index is 2.20. The molecule has 1 aliphatic rings. The minimum Gasteiger partial charge on any atom is -0.480 e. The molecule has 1 aromatic carbocycles. The third-order valence-electron chi connectivity index (χ3n) is 5.45. The molecule has 6 nitrogen and oxygen atoms in total. The minimum absolute atomic E-state index is 0.0625. The maximum Gasteiger partial charge on any atom is 0.326 e. The number of aryl methyl sites for hydroxylation is 1. The number of aliphatic carboxylic acids is 1. The summed E-state index contributed by atoms with van der Waals surface area (Å²) in [5, 5.41) is 12.5. The molecule has 0 radical (unpaired) electrons. The maximum absolute atomic E-state index is 13.2. The average Bonchev–Trinajstić information content (AvgIpc) is 2.92. The van der Waals surface area contributed by atoms with Crippen LogP contribution in [0.15, 0.2) is 30.3 Å². The van der Waals surface area contributed by atoms with Crippen molar-refractivity contribution >= 4 is 17.8 Å². The van der Waals surface area contributed by atoms with Crippen molar-refractivity contribution in [3.63, 3.8) is 0 Å². The van der Waals surface area contributed by atoms with Crippen LogP contribution < -0.4 is 5.32 Å². The molecule has 0 aliphatic carbocycles. The Kier molecular flexibility index (Phi) is 6.40. The number of carboxylic acid groups (broad SMARTS) is 1. The van der Waals surface area contributed by atoms with E-state index < -0.39 is 17.6 Å². The summed E-state index contributed by atoms with van der Waals surface area (Å²) < 4.78 is 0. The second kappa shape index (κ2) is 8.34. The van der Waals surface area contributed by atoms with Gasteiger partial charge in [-0.25, -0.2) is 4.79 Å². The monoisotopic (exact) mass is 360 g/mol. The summed E-state index contributed by atoms with van der Waals surface area (Å²) in [5.41, 5.74) is 0.0431. The molecular formula is C20H28N2O4. The highest BCUT2D eigenvalue weighted by Gasteiger charge is 2.52. The number of hydrogen-bond acceptors (Lipinski definition) is 3. The van der Waals surface area contributed by atoms with E-state index >= 15 is 0 Å². The van der Waals surface area contributed by atoms with Gasteiger partial charge in [-0.2, -0.15) is 0 Å². The molecule has 1 heterocycles. The van der Waals surface area contributed by atoms with Crippen molar-refractivity contribution in [3.8, 4) is 0 Å². The van der Waals surface area contributed by atoms with Gasteiger partial charge in [0.05, 0.1) is 0 Å². The van der Waals surface area contributed by atoms with Gasteiger partial charge in [0.1, 0.15) is 11.6 Å². The van der Waals surface area contributed by atoms with Crippen LogP contribution in [0, 0.1) is 5.92 Å². The predicted molar refractivity (Wildman–Crippen MR) is 98.5 cm³/mol. The molecule has 2 rings (SSSR count). The molecule has 3 atom stereocenters. The summed E-state index contributed by atoms with van der Waals surface area (Å²) >= 11 is 0. The van der Waals surface area contributed by atoms with Crippen LogP contribution in [-0.2, 0) is 20.8 Å². The summed E-state index contributed by atoms with van der Waals surface area (Å²) in [4.78, 5) is 38.1. The van der Waals surface area contributed by atoms with Crippen molar-refractivity contribution in [2.24, 2.45) is 5.92 Å². The zero-order chi connectivity index (χ0) is 19.3. The Morgan fingerprint density at radius 3 is 2.50 bits per heavy atom. The Morgan fingerprint density at radius 1 is 1.31 bits per heavy atom. The van der Waals surface area contributed by atoms with Gasteiger partial charge in [-0.05, 0) is 30.7 Å². The fourth-order valence-corrected chi connectivity index (χ4v) is 3.78.